The zero-order valence-corrected chi connectivity index (χ0v) is 15.6. The first-order chi connectivity index (χ1) is 13.1. The Morgan fingerprint density at radius 1 is 0.889 bits per heavy atom. The van der Waals surface area contributed by atoms with E-state index in [9.17, 15) is 5.11 Å². The lowest BCUT2D eigenvalue weighted by molar-refractivity contribution is 0.472. The summed E-state index contributed by atoms with van der Waals surface area (Å²) in [6.07, 6.45) is 5.10. The summed E-state index contributed by atoms with van der Waals surface area (Å²) >= 11 is 12.2. The Hall–Kier alpha value is -2.82. The molecular formula is C21H15Cl2N3O. The molecule has 4 aromatic rings. The molecule has 0 saturated heterocycles. The van der Waals surface area contributed by atoms with Gasteiger partial charge < -0.3 is 10.4 Å². The van der Waals surface area contributed by atoms with E-state index in [2.05, 4.69) is 15.3 Å². The number of phenolic OH excluding ortho intramolecular Hbond substituents is 1. The van der Waals surface area contributed by atoms with Gasteiger partial charge in [-0.3, -0.25) is 9.97 Å². The number of phenols is 1. The van der Waals surface area contributed by atoms with E-state index in [1.54, 1.807) is 30.7 Å². The monoisotopic (exact) mass is 395 g/mol. The van der Waals surface area contributed by atoms with Gasteiger partial charge in [0.1, 0.15) is 11.3 Å². The van der Waals surface area contributed by atoms with Crippen LogP contribution in [0.5, 0.6) is 5.75 Å². The van der Waals surface area contributed by atoms with Gasteiger partial charge >= 0.3 is 0 Å². The van der Waals surface area contributed by atoms with Gasteiger partial charge in [-0.1, -0.05) is 41.4 Å². The molecule has 0 spiro atoms. The molecule has 0 aliphatic rings. The Morgan fingerprint density at radius 3 is 2.48 bits per heavy atom. The average Bonchev–Trinajstić information content (AvgIpc) is 2.70. The summed E-state index contributed by atoms with van der Waals surface area (Å²) < 4.78 is 0. The first kappa shape index (κ1) is 17.6. The normalized spacial score (nSPS) is 12.1. The molecule has 0 fully saturated rings. The lowest BCUT2D eigenvalue weighted by Gasteiger charge is -2.22. The summed E-state index contributed by atoms with van der Waals surface area (Å²) in [6, 6.07) is 16.4. The molecule has 27 heavy (non-hydrogen) atoms. The molecule has 2 aromatic heterocycles. The lowest BCUT2D eigenvalue weighted by Crippen LogP contribution is -2.13. The smallest absolute Gasteiger partial charge is 0.147 e. The summed E-state index contributed by atoms with van der Waals surface area (Å²) in [5.41, 5.74) is 3.00. The number of aromatic hydroxyl groups is 1. The number of hydrogen-bond donors (Lipinski definition) is 2. The fraction of sp³-hybridized carbons (Fsp3) is 0.0476. The Morgan fingerprint density at radius 2 is 1.70 bits per heavy atom. The highest BCUT2D eigenvalue weighted by atomic mass is 35.5. The fourth-order valence-corrected chi connectivity index (χ4v) is 3.33. The van der Waals surface area contributed by atoms with Crippen molar-refractivity contribution in [2.24, 2.45) is 0 Å². The van der Waals surface area contributed by atoms with Crippen LogP contribution in [0.2, 0.25) is 10.0 Å². The van der Waals surface area contributed by atoms with Crippen LogP contribution in [0, 0.1) is 0 Å². The zero-order valence-electron chi connectivity index (χ0n) is 14.1. The number of anilines is 1. The Bertz CT molecular complexity index is 1100. The predicted molar refractivity (Wildman–Crippen MR) is 110 cm³/mol. The number of nitrogens with one attached hydrogen (secondary N) is 1. The third kappa shape index (κ3) is 3.54. The van der Waals surface area contributed by atoms with Crippen LogP contribution in [-0.2, 0) is 0 Å². The van der Waals surface area contributed by atoms with Gasteiger partial charge in [-0.15, -0.1) is 0 Å². The van der Waals surface area contributed by atoms with Crippen molar-refractivity contribution in [2.45, 2.75) is 6.04 Å². The van der Waals surface area contributed by atoms with Crippen molar-refractivity contribution in [3.05, 3.63) is 94.4 Å². The Balaban J connectivity index is 1.83. The summed E-state index contributed by atoms with van der Waals surface area (Å²) in [4.78, 5) is 8.41. The molecule has 0 aliphatic heterocycles. The molecule has 2 heterocycles. The minimum Gasteiger partial charge on any atom is -0.505 e. The molecule has 1 atom stereocenters. The highest BCUT2D eigenvalue weighted by Gasteiger charge is 2.20. The number of fused-ring (bicyclic) bond motifs is 1. The predicted octanol–water partition coefficient (Wildman–Crippen LogP) is 5.84. The number of benzene rings is 2. The van der Waals surface area contributed by atoms with Crippen molar-refractivity contribution in [2.75, 3.05) is 5.32 Å². The second-order valence-corrected chi connectivity index (χ2v) is 6.88. The standard InChI is InChI=1S/C21H15Cl2N3O/c22-17-6-4-15(12-18(17)23)26-19(14-7-10-24-11-8-14)16-5-3-13-2-1-9-25-20(13)21(16)27/h1-12,19,26-27H. The van der Waals surface area contributed by atoms with Gasteiger partial charge in [0, 0.05) is 35.2 Å². The summed E-state index contributed by atoms with van der Waals surface area (Å²) in [7, 11) is 0. The van der Waals surface area contributed by atoms with Crippen molar-refractivity contribution < 1.29 is 5.11 Å². The van der Waals surface area contributed by atoms with E-state index in [0.717, 1.165) is 16.6 Å². The second-order valence-electron chi connectivity index (χ2n) is 6.07. The molecule has 0 saturated carbocycles. The van der Waals surface area contributed by atoms with Crippen LogP contribution in [0.3, 0.4) is 0 Å². The molecule has 4 rings (SSSR count). The van der Waals surface area contributed by atoms with Gasteiger partial charge in [-0.25, -0.2) is 0 Å². The Labute approximate surface area is 166 Å². The van der Waals surface area contributed by atoms with Crippen molar-refractivity contribution >= 4 is 39.8 Å². The minimum absolute atomic E-state index is 0.141. The average molecular weight is 396 g/mol. The van der Waals surface area contributed by atoms with E-state index in [1.165, 1.54) is 0 Å². The fourth-order valence-electron chi connectivity index (χ4n) is 3.03. The van der Waals surface area contributed by atoms with E-state index < -0.39 is 0 Å². The number of nitrogens with zero attached hydrogens (tertiary/aromatic N) is 2. The number of aromatic nitrogens is 2. The molecule has 2 N–H and O–H groups in total. The summed E-state index contributed by atoms with van der Waals surface area (Å²) in [6.45, 7) is 0. The molecule has 0 amide bonds. The molecule has 6 heteroatoms. The summed E-state index contributed by atoms with van der Waals surface area (Å²) in [5.74, 6) is 0.141. The number of halogens is 2. The van der Waals surface area contributed by atoms with Crippen LogP contribution in [0.15, 0.2) is 73.2 Å². The third-order valence-corrected chi connectivity index (χ3v) is 5.10. The molecule has 134 valence electrons. The van der Waals surface area contributed by atoms with Gasteiger partial charge in [-0.2, -0.15) is 0 Å². The number of pyridine rings is 2. The second kappa shape index (κ2) is 7.43. The largest absolute Gasteiger partial charge is 0.505 e. The molecule has 1 unspecified atom stereocenters. The minimum atomic E-state index is -0.323. The van der Waals surface area contributed by atoms with Crippen LogP contribution in [-0.4, -0.2) is 15.1 Å². The maximum atomic E-state index is 10.9. The third-order valence-electron chi connectivity index (χ3n) is 4.36. The van der Waals surface area contributed by atoms with Gasteiger partial charge in [0.2, 0.25) is 0 Å². The highest BCUT2D eigenvalue weighted by molar-refractivity contribution is 6.42. The number of rotatable bonds is 4. The van der Waals surface area contributed by atoms with E-state index >= 15 is 0 Å². The molecule has 4 nitrogen and oxygen atoms in total. The van der Waals surface area contributed by atoms with Gasteiger partial charge in [0.15, 0.2) is 0 Å². The summed E-state index contributed by atoms with van der Waals surface area (Å²) in [5, 5.41) is 16.1. The van der Waals surface area contributed by atoms with Crippen LogP contribution < -0.4 is 5.32 Å². The topological polar surface area (TPSA) is 58.0 Å². The molecule has 0 radical (unpaired) electrons. The molecule has 2 aromatic carbocycles. The van der Waals surface area contributed by atoms with E-state index in [1.807, 2.05) is 42.5 Å². The van der Waals surface area contributed by atoms with Crippen molar-refractivity contribution in [1.82, 2.24) is 9.97 Å². The van der Waals surface area contributed by atoms with Crippen LogP contribution >= 0.6 is 23.2 Å². The zero-order chi connectivity index (χ0) is 18.8. The Kier molecular flexibility index (Phi) is 4.84. The quantitative estimate of drug-likeness (QED) is 0.455. The van der Waals surface area contributed by atoms with Gasteiger partial charge in [0.25, 0.3) is 0 Å². The molecule has 0 aliphatic carbocycles. The van der Waals surface area contributed by atoms with Crippen molar-refractivity contribution in [1.29, 1.82) is 0 Å². The van der Waals surface area contributed by atoms with E-state index in [0.29, 0.717) is 21.1 Å². The van der Waals surface area contributed by atoms with Gasteiger partial charge in [-0.05, 0) is 42.0 Å². The van der Waals surface area contributed by atoms with Crippen LogP contribution in [0.4, 0.5) is 5.69 Å². The van der Waals surface area contributed by atoms with Crippen LogP contribution in [0.1, 0.15) is 17.2 Å². The van der Waals surface area contributed by atoms with Crippen molar-refractivity contribution in [3.8, 4) is 5.75 Å². The highest BCUT2D eigenvalue weighted by Crippen LogP contribution is 2.37. The number of hydrogen-bond acceptors (Lipinski definition) is 4. The first-order valence-electron chi connectivity index (χ1n) is 8.31. The molecular weight excluding hydrogens is 381 g/mol. The van der Waals surface area contributed by atoms with Gasteiger partial charge in [0.05, 0.1) is 16.1 Å². The lowest BCUT2D eigenvalue weighted by atomic mass is 9.96. The maximum absolute atomic E-state index is 10.9. The van der Waals surface area contributed by atoms with Crippen LogP contribution in [0.25, 0.3) is 10.9 Å². The first-order valence-corrected chi connectivity index (χ1v) is 9.07. The maximum Gasteiger partial charge on any atom is 0.147 e. The molecule has 0 bridgehead atoms. The van der Waals surface area contributed by atoms with Crippen molar-refractivity contribution in [3.63, 3.8) is 0 Å². The van der Waals surface area contributed by atoms with E-state index in [-0.39, 0.29) is 11.8 Å². The SMILES string of the molecule is Oc1c(C(Nc2ccc(Cl)c(Cl)c2)c2ccncc2)ccc2cccnc12. The van der Waals surface area contributed by atoms with E-state index in [4.69, 9.17) is 23.2 Å².